The zero-order chi connectivity index (χ0) is 17.9. The van der Waals surface area contributed by atoms with Crippen molar-refractivity contribution in [2.75, 3.05) is 0 Å². The molecule has 0 saturated carbocycles. The van der Waals surface area contributed by atoms with E-state index < -0.39 is 0 Å². The fourth-order valence-corrected chi connectivity index (χ4v) is 3.03. The fourth-order valence-electron chi connectivity index (χ4n) is 3.03. The van der Waals surface area contributed by atoms with E-state index >= 15 is 0 Å². The van der Waals surface area contributed by atoms with Crippen molar-refractivity contribution in [3.05, 3.63) is 96.7 Å². The molecular formula is C22H17BrFN2O+. The first-order valence-electron chi connectivity index (χ1n) is 8.33. The zero-order valence-electron chi connectivity index (χ0n) is 14.4. The Bertz CT molecular complexity index is 1090. The van der Waals surface area contributed by atoms with Gasteiger partial charge in [0.25, 0.3) is 6.33 Å². The van der Waals surface area contributed by atoms with Crippen LogP contribution in [0.25, 0.3) is 22.0 Å². The SMILES string of the molecule is Br.O=C(C[n+]1ccc(-c2ccccc2F)nc1)c1cccc2ccccc12. The Morgan fingerprint density at radius 1 is 0.926 bits per heavy atom. The number of hydrogen-bond donors (Lipinski definition) is 0. The monoisotopic (exact) mass is 423 g/mol. The Kier molecular flexibility index (Phi) is 5.72. The summed E-state index contributed by atoms with van der Waals surface area (Å²) in [5, 5.41) is 1.98. The number of benzene rings is 3. The molecule has 0 atom stereocenters. The highest BCUT2D eigenvalue weighted by Gasteiger charge is 2.15. The number of ketones is 1. The van der Waals surface area contributed by atoms with Crippen molar-refractivity contribution in [1.29, 1.82) is 0 Å². The predicted octanol–water partition coefficient (Wildman–Crippen LogP) is 4.79. The van der Waals surface area contributed by atoms with Crippen LogP contribution in [0.5, 0.6) is 0 Å². The van der Waals surface area contributed by atoms with E-state index in [1.165, 1.54) is 6.07 Å². The normalized spacial score (nSPS) is 10.4. The van der Waals surface area contributed by atoms with Gasteiger partial charge in [-0.15, -0.1) is 17.0 Å². The van der Waals surface area contributed by atoms with Gasteiger partial charge in [0.05, 0.1) is 11.8 Å². The van der Waals surface area contributed by atoms with E-state index in [1.807, 2.05) is 42.5 Å². The number of carbonyl (C=O) groups excluding carboxylic acids is 1. The minimum atomic E-state index is -0.315. The second-order valence-corrected chi connectivity index (χ2v) is 6.05. The maximum Gasteiger partial charge on any atom is 0.287 e. The molecule has 0 aliphatic carbocycles. The van der Waals surface area contributed by atoms with E-state index in [0.29, 0.717) is 16.8 Å². The largest absolute Gasteiger partial charge is 0.290 e. The first-order chi connectivity index (χ1) is 12.7. The van der Waals surface area contributed by atoms with E-state index in [-0.39, 0.29) is 35.1 Å². The first-order valence-corrected chi connectivity index (χ1v) is 8.33. The number of fused-ring (bicyclic) bond motifs is 1. The van der Waals surface area contributed by atoms with Crippen molar-refractivity contribution in [3.63, 3.8) is 0 Å². The number of aromatic nitrogens is 2. The van der Waals surface area contributed by atoms with Gasteiger partial charge in [-0.05, 0) is 27.9 Å². The van der Waals surface area contributed by atoms with Gasteiger partial charge in [0, 0.05) is 11.6 Å². The maximum atomic E-state index is 13.9. The van der Waals surface area contributed by atoms with Crippen LogP contribution in [0, 0.1) is 5.82 Å². The Morgan fingerprint density at radius 2 is 1.67 bits per heavy atom. The molecule has 4 aromatic rings. The van der Waals surface area contributed by atoms with Crippen molar-refractivity contribution in [2.24, 2.45) is 0 Å². The Labute approximate surface area is 166 Å². The Hall–Kier alpha value is -2.92. The lowest BCUT2D eigenvalue weighted by Gasteiger charge is -2.05. The van der Waals surface area contributed by atoms with Crippen LogP contribution in [0.3, 0.4) is 0 Å². The van der Waals surface area contributed by atoms with Crippen molar-refractivity contribution in [2.45, 2.75) is 6.54 Å². The third kappa shape index (κ3) is 3.93. The van der Waals surface area contributed by atoms with Gasteiger partial charge in [0.15, 0.2) is 12.2 Å². The third-order valence-electron chi connectivity index (χ3n) is 4.34. The summed E-state index contributed by atoms with van der Waals surface area (Å²) in [6.45, 7) is 0.179. The van der Waals surface area contributed by atoms with Crippen LogP contribution in [-0.4, -0.2) is 10.8 Å². The summed E-state index contributed by atoms with van der Waals surface area (Å²) in [4.78, 5) is 17.0. The van der Waals surface area contributed by atoms with E-state index in [9.17, 15) is 9.18 Å². The number of carbonyl (C=O) groups is 1. The lowest BCUT2D eigenvalue weighted by molar-refractivity contribution is -0.686. The van der Waals surface area contributed by atoms with Gasteiger partial charge in [0.1, 0.15) is 5.82 Å². The molecule has 0 saturated heterocycles. The summed E-state index contributed by atoms with van der Waals surface area (Å²) in [5.74, 6) is -0.308. The molecule has 0 unspecified atom stereocenters. The molecule has 1 aromatic heterocycles. The van der Waals surface area contributed by atoms with E-state index in [4.69, 9.17) is 0 Å². The molecule has 0 spiro atoms. The van der Waals surface area contributed by atoms with Crippen molar-refractivity contribution < 1.29 is 13.8 Å². The summed E-state index contributed by atoms with van der Waals surface area (Å²) >= 11 is 0. The van der Waals surface area contributed by atoms with Gasteiger partial charge >= 0.3 is 0 Å². The molecule has 5 heteroatoms. The number of Topliss-reactive ketones (excluding diaryl/α,β-unsaturated/α-hetero) is 1. The van der Waals surface area contributed by atoms with E-state index in [1.54, 1.807) is 41.4 Å². The Balaban J connectivity index is 0.00000210. The summed E-state index contributed by atoms with van der Waals surface area (Å²) in [6.07, 6.45) is 3.31. The van der Waals surface area contributed by atoms with Gasteiger partial charge in [-0.1, -0.05) is 54.6 Å². The topological polar surface area (TPSA) is 33.8 Å². The number of hydrogen-bond acceptors (Lipinski definition) is 2. The van der Waals surface area contributed by atoms with Crippen LogP contribution in [0.4, 0.5) is 4.39 Å². The molecule has 0 aliphatic rings. The molecule has 3 nitrogen and oxygen atoms in total. The molecule has 3 aromatic carbocycles. The molecule has 0 fully saturated rings. The van der Waals surface area contributed by atoms with E-state index in [0.717, 1.165) is 10.8 Å². The molecule has 1 heterocycles. The zero-order valence-corrected chi connectivity index (χ0v) is 16.1. The molecule has 134 valence electrons. The molecule has 0 bridgehead atoms. The average molecular weight is 424 g/mol. The van der Waals surface area contributed by atoms with Crippen LogP contribution >= 0.6 is 17.0 Å². The molecule has 0 amide bonds. The highest BCUT2D eigenvalue weighted by Crippen LogP contribution is 2.20. The average Bonchev–Trinajstić information content (AvgIpc) is 2.68. The maximum absolute atomic E-state index is 13.9. The second kappa shape index (κ2) is 8.18. The fraction of sp³-hybridized carbons (Fsp3) is 0.0455. The van der Waals surface area contributed by atoms with Crippen molar-refractivity contribution in [3.8, 4) is 11.3 Å². The van der Waals surface area contributed by atoms with Crippen LogP contribution in [0.2, 0.25) is 0 Å². The molecule has 4 rings (SSSR count). The van der Waals surface area contributed by atoms with Gasteiger partial charge < -0.3 is 0 Å². The summed E-state index contributed by atoms with van der Waals surface area (Å²) in [7, 11) is 0. The van der Waals surface area contributed by atoms with E-state index in [2.05, 4.69) is 4.98 Å². The molecule has 0 radical (unpaired) electrons. The second-order valence-electron chi connectivity index (χ2n) is 6.05. The quantitative estimate of drug-likeness (QED) is 0.349. The van der Waals surface area contributed by atoms with Gasteiger partial charge in [0.2, 0.25) is 5.78 Å². The van der Waals surface area contributed by atoms with Gasteiger partial charge in [-0.2, -0.15) is 0 Å². The van der Waals surface area contributed by atoms with Crippen LogP contribution in [0.1, 0.15) is 10.4 Å². The first kappa shape index (κ1) is 18.9. The minimum absolute atomic E-state index is 0. The number of nitrogens with zero attached hydrogens (tertiary/aromatic N) is 2. The third-order valence-corrected chi connectivity index (χ3v) is 4.34. The lowest BCUT2D eigenvalue weighted by Crippen LogP contribution is -2.37. The van der Waals surface area contributed by atoms with Crippen LogP contribution in [0.15, 0.2) is 85.3 Å². The molecule has 27 heavy (non-hydrogen) atoms. The lowest BCUT2D eigenvalue weighted by atomic mass is 10.0. The minimum Gasteiger partial charge on any atom is -0.290 e. The Morgan fingerprint density at radius 3 is 2.44 bits per heavy atom. The standard InChI is InChI=1S/C22H16FN2O.BrH/c23-20-11-4-3-9-19(20)21-12-13-25(15-24-21)14-22(26)18-10-5-7-16-6-1-2-8-17(16)18;/h1-13,15H,14H2;1H/q+1;. The molecule has 0 N–H and O–H groups in total. The van der Waals surface area contributed by atoms with Crippen molar-refractivity contribution >= 4 is 33.5 Å². The predicted molar refractivity (Wildman–Crippen MR) is 108 cm³/mol. The van der Waals surface area contributed by atoms with Crippen LogP contribution in [-0.2, 0) is 6.54 Å². The number of halogens is 2. The number of rotatable bonds is 4. The summed E-state index contributed by atoms with van der Waals surface area (Å²) in [6, 6.07) is 21.8. The summed E-state index contributed by atoms with van der Waals surface area (Å²) in [5.41, 5.74) is 1.67. The highest BCUT2D eigenvalue weighted by atomic mass is 79.9. The smallest absolute Gasteiger partial charge is 0.287 e. The highest BCUT2D eigenvalue weighted by molar-refractivity contribution is 8.93. The van der Waals surface area contributed by atoms with Crippen LogP contribution < -0.4 is 4.57 Å². The van der Waals surface area contributed by atoms with Crippen molar-refractivity contribution in [1.82, 2.24) is 4.98 Å². The summed E-state index contributed by atoms with van der Waals surface area (Å²) < 4.78 is 15.6. The van der Waals surface area contributed by atoms with Gasteiger partial charge in [-0.25, -0.2) is 8.96 Å². The molecule has 0 aliphatic heterocycles. The molecular weight excluding hydrogens is 407 g/mol. The van der Waals surface area contributed by atoms with Gasteiger partial charge in [-0.3, -0.25) is 4.79 Å².